The van der Waals surface area contributed by atoms with E-state index in [1.54, 1.807) is 49.6 Å². The van der Waals surface area contributed by atoms with Crippen LogP contribution >= 0.6 is 23.4 Å². The van der Waals surface area contributed by atoms with Crippen molar-refractivity contribution in [3.63, 3.8) is 0 Å². The molecule has 0 aliphatic heterocycles. The Morgan fingerprint density at radius 1 is 1.23 bits per heavy atom. The summed E-state index contributed by atoms with van der Waals surface area (Å²) >= 11 is 7.18. The van der Waals surface area contributed by atoms with E-state index in [9.17, 15) is 4.79 Å². The summed E-state index contributed by atoms with van der Waals surface area (Å²) in [6.45, 7) is 4.52. The van der Waals surface area contributed by atoms with Crippen molar-refractivity contribution in [1.82, 2.24) is 14.8 Å². The molecule has 0 aliphatic carbocycles. The highest BCUT2D eigenvalue weighted by molar-refractivity contribution is 7.99. The first-order valence-corrected chi connectivity index (χ1v) is 10.4. The Kier molecular flexibility index (Phi) is 7.75. The molecule has 0 radical (unpaired) electrons. The summed E-state index contributed by atoms with van der Waals surface area (Å²) in [5.74, 6) is 2.03. The molecule has 3 aromatic rings. The number of nitrogens with one attached hydrogen (secondary N) is 1. The average Bonchev–Trinajstić information content (AvgIpc) is 3.14. The first-order valence-electron chi connectivity index (χ1n) is 9.07. The maximum atomic E-state index is 12.3. The van der Waals surface area contributed by atoms with E-state index in [0.29, 0.717) is 39.7 Å². The number of anilines is 1. The molecule has 156 valence electrons. The van der Waals surface area contributed by atoms with Crippen LogP contribution in [0.15, 0.2) is 66.3 Å². The van der Waals surface area contributed by atoms with Crippen LogP contribution in [0.25, 0.3) is 0 Å². The largest absolute Gasteiger partial charge is 0.497 e. The summed E-state index contributed by atoms with van der Waals surface area (Å²) in [7, 11) is 1.58. The molecule has 1 N–H and O–H groups in total. The second-order valence-electron chi connectivity index (χ2n) is 6.11. The summed E-state index contributed by atoms with van der Waals surface area (Å²) in [4.78, 5) is 12.3. The van der Waals surface area contributed by atoms with Gasteiger partial charge >= 0.3 is 0 Å². The molecule has 1 aromatic heterocycles. The Labute approximate surface area is 184 Å². The summed E-state index contributed by atoms with van der Waals surface area (Å²) in [6, 6.07) is 14.3. The zero-order chi connectivity index (χ0) is 21.3. The van der Waals surface area contributed by atoms with Crippen LogP contribution in [-0.2, 0) is 17.9 Å². The van der Waals surface area contributed by atoms with Crippen LogP contribution in [0.4, 0.5) is 5.69 Å². The minimum absolute atomic E-state index is 0.152. The van der Waals surface area contributed by atoms with Gasteiger partial charge in [0.1, 0.15) is 18.1 Å². The minimum atomic E-state index is -0.152. The van der Waals surface area contributed by atoms with Gasteiger partial charge in [-0.1, -0.05) is 35.5 Å². The van der Waals surface area contributed by atoms with E-state index in [2.05, 4.69) is 22.1 Å². The number of carbonyl (C=O) groups is 1. The van der Waals surface area contributed by atoms with Crippen LogP contribution in [0.1, 0.15) is 5.82 Å². The third-order valence-corrected chi connectivity index (χ3v) is 5.19. The van der Waals surface area contributed by atoms with Gasteiger partial charge in [0.15, 0.2) is 11.0 Å². The highest BCUT2D eigenvalue weighted by Crippen LogP contribution is 2.21. The number of methoxy groups -OCH3 is 1. The average molecular weight is 445 g/mol. The molecule has 3 rings (SSSR count). The number of halogens is 1. The van der Waals surface area contributed by atoms with E-state index in [4.69, 9.17) is 21.1 Å². The summed E-state index contributed by atoms with van der Waals surface area (Å²) in [5.41, 5.74) is 0.671. The van der Waals surface area contributed by atoms with E-state index in [1.165, 1.54) is 11.8 Å². The van der Waals surface area contributed by atoms with Crippen molar-refractivity contribution in [2.24, 2.45) is 0 Å². The van der Waals surface area contributed by atoms with Gasteiger partial charge in [0.2, 0.25) is 5.91 Å². The Bertz CT molecular complexity index is 1010. The minimum Gasteiger partial charge on any atom is -0.497 e. The number of hydrogen-bond donors (Lipinski definition) is 1. The number of nitrogens with zero attached hydrogens (tertiary/aromatic N) is 3. The van der Waals surface area contributed by atoms with Gasteiger partial charge in [0, 0.05) is 23.3 Å². The van der Waals surface area contributed by atoms with Crippen LogP contribution in [0, 0.1) is 0 Å². The van der Waals surface area contributed by atoms with Crippen molar-refractivity contribution in [3.05, 3.63) is 72.0 Å². The van der Waals surface area contributed by atoms with Crippen LogP contribution in [0.2, 0.25) is 5.02 Å². The zero-order valence-electron chi connectivity index (χ0n) is 16.4. The van der Waals surface area contributed by atoms with E-state index < -0.39 is 0 Å². The van der Waals surface area contributed by atoms with Crippen molar-refractivity contribution in [1.29, 1.82) is 0 Å². The Morgan fingerprint density at radius 2 is 2.03 bits per heavy atom. The number of hydrogen-bond acceptors (Lipinski definition) is 6. The van der Waals surface area contributed by atoms with E-state index in [-0.39, 0.29) is 18.3 Å². The molecule has 1 heterocycles. The fourth-order valence-corrected chi connectivity index (χ4v) is 3.44. The molecule has 0 unspecified atom stereocenters. The van der Waals surface area contributed by atoms with Gasteiger partial charge in [-0.25, -0.2) is 0 Å². The Hall–Kier alpha value is -2.97. The van der Waals surface area contributed by atoms with Crippen LogP contribution in [-0.4, -0.2) is 33.5 Å². The Balaban J connectivity index is 1.60. The van der Waals surface area contributed by atoms with Crippen molar-refractivity contribution in [2.75, 3.05) is 18.2 Å². The molecule has 2 aromatic carbocycles. The predicted molar refractivity (Wildman–Crippen MR) is 118 cm³/mol. The molecule has 0 bridgehead atoms. The smallest absolute Gasteiger partial charge is 0.234 e. The van der Waals surface area contributed by atoms with Crippen LogP contribution in [0.3, 0.4) is 0 Å². The lowest BCUT2D eigenvalue weighted by molar-refractivity contribution is -0.113. The maximum absolute atomic E-state index is 12.3. The lowest BCUT2D eigenvalue weighted by Crippen LogP contribution is -2.15. The summed E-state index contributed by atoms with van der Waals surface area (Å²) in [6.07, 6.45) is 1.75. The molecule has 0 spiro atoms. The summed E-state index contributed by atoms with van der Waals surface area (Å²) < 4.78 is 12.8. The molecule has 9 heteroatoms. The number of rotatable bonds is 10. The van der Waals surface area contributed by atoms with Crippen LogP contribution < -0.4 is 14.8 Å². The molecule has 1 amide bonds. The van der Waals surface area contributed by atoms with Gasteiger partial charge in [-0.2, -0.15) is 0 Å². The van der Waals surface area contributed by atoms with Crippen molar-refractivity contribution >= 4 is 35.0 Å². The molecular formula is C21H21ClN4O3S. The third-order valence-electron chi connectivity index (χ3n) is 3.97. The van der Waals surface area contributed by atoms with Gasteiger partial charge in [-0.3, -0.25) is 9.36 Å². The molecule has 0 saturated carbocycles. The fraction of sp³-hybridized carbons (Fsp3) is 0.190. The zero-order valence-corrected chi connectivity index (χ0v) is 17.9. The molecule has 30 heavy (non-hydrogen) atoms. The van der Waals surface area contributed by atoms with Crippen molar-refractivity contribution in [2.45, 2.75) is 18.3 Å². The lowest BCUT2D eigenvalue weighted by atomic mass is 10.3. The van der Waals surface area contributed by atoms with E-state index in [0.717, 1.165) is 0 Å². The maximum Gasteiger partial charge on any atom is 0.234 e. The topological polar surface area (TPSA) is 78.3 Å². The third kappa shape index (κ3) is 6.01. The number of carbonyl (C=O) groups excluding carboxylic acids is 1. The number of allylic oxidation sites excluding steroid dienone is 1. The number of ether oxygens (including phenoxy) is 2. The van der Waals surface area contributed by atoms with E-state index in [1.807, 2.05) is 16.7 Å². The number of benzene rings is 2. The SMILES string of the molecule is C=CCn1c(COc2ccc(Cl)cc2)nnc1SCC(=O)Nc1cccc(OC)c1. The van der Waals surface area contributed by atoms with Gasteiger partial charge in [0.05, 0.1) is 12.9 Å². The number of thioether (sulfide) groups is 1. The highest BCUT2D eigenvalue weighted by atomic mass is 35.5. The van der Waals surface area contributed by atoms with Crippen LogP contribution in [0.5, 0.6) is 11.5 Å². The first-order chi connectivity index (χ1) is 14.6. The van der Waals surface area contributed by atoms with Gasteiger partial charge in [-0.05, 0) is 36.4 Å². The van der Waals surface area contributed by atoms with Gasteiger partial charge < -0.3 is 14.8 Å². The highest BCUT2D eigenvalue weighted by Gasteiger charge is 2.14. The molecule has 0 fully saturated rings. The summed E-state index contributed by atoms with van der Waals surface area (Å²) in [5, 5.41) is 12.5. The van der Waals surface area contributed by atoms with Crippen molar-refractivity contribution < 1.29 is 14.3 Å². The second kappa shape index (κ2) is 10.7. The second-order valence-corrected chi connectivity index (χ2v) is 7.49. The monoisotopic (exact) mass is 444 g/mol. The molecule has 7 nitrogen and oxygen atoms in total. The van der Waals surface area contributed by atoms with E-state index >= 15 is 0 Å². The van der Waals surface area contributed by atoms with Gasteiger partial charge in [0.25, 0.3) is 0 Å². The quantitative estimate of drug-likeness (QED) is 0.368. The molecule has 0 atom stereocenters. The first kappa shape index (κ1) is 21.7. The number of aromatic nitrogens is 3. The normalized spacial score (nSPS) is 10.5. The predicted octanol–water partition coefficient (Wildman–Crippen LogP) is 4.44. The standard InChI is InChI=1S/C21H21ClN4O3S/c1-3-11-26-19(13-29-17-9-7-15(22)8-10-17)24-25-21(26)30-14-20(27)23-16-5-4-6-18(12-16)28-2/h3-10,12H,1,11,13-14H2,2H3,(H,23,27). The molecule has 0 saturated heterocycles. The Morgan fingerprint density at radius 3 is 2.77 bits per heavy atom. The molecular weight excluding hydrogens is 424 g/mol. The molecule has 0 aliphatic rings. The fourth-order valence-electron chi connectivity index (χ4n) is 2.55. The lowest BCUT2D eigenvalue weighted by Gasteiger charge is -2.10. The van der Waals surface area contributed by atoms with Gasteiger partial charge in [-0.15, -0.1) is 16.8 Å². The van der Waals surface area contributed by atoms with Crippen molar-refractivity contribution in [3.8, 4) is 11.5 Å². The number of amides is 1.